The van der Waals surface area contributed by atoms with E-state index in [0.717, 1.165) is 5.69 Å². The molecule has 0 atom stereocenters. The second-order valence-corrected chi connectivity index (χ2v) is 3.72. The highest BCUT2D eigenvalue weighted by molar-refractivity contribution is 6.10. The molecule has 0 saturated carbocycles. The van der Waals surface area contributed by atoms with Gasteiger partial charge in [-0.3, -0.25) is 4.79 Å². The van der Waals surface area contributed by atoms with Crippen LogP contribution >= 0.6 is 0 Å². The summed E-state index contributed by atoms with van der Waals surface area (Å²) in [6, 6.07) is 10.9. The van der Waals surface area contributed by atoms with Gasteiger partial charge in [0.2, 0.25) is 5.78 Å². The summed E-state index contributed by atoms with van der Waals surface area (Å²) in [5.74, 6) is 0.281. The Morgan fingerprint density at radius 1 is 1.12 bits per heavy atom. The van der Waals surface area contributed by atoms with Gasteiger partial charge in [0.05, 0.1) is 6.26 Å². The van der Waals surface area contributed by atoms with Gasteiger partial charge in [-0.15, -0.1) is 0 Å². The van der Waals surface area contributed by atoms with Gasteiger partial charge >= 0.3 is 0 Å². The molecule has 1 aromatic heterocycles. The molecule has 0 saturated heterocycles. The van der Waals surface area contributed by atoms with Gasteiger partial charge in [-0.2, -0.15) is 0 Å². The van der Waals surface area contributed by atoms with E-state index in [1.165, 1.54) is 6.26 Å². The molecule has 0 fully saturated rings. The molecule has 0 aliphatic heterocycles. The van der Waals surface area contributed by atoms with E-state index in [0.29, 0.717) is 11.3 Å². The van der Waals surface area contributed by atoms with Crippen LogP contribution in [-0.2, 0) is 0 Å². The van der Waals surface area contributed by atoms with Crippen LogP contribution in [0, 0.1) is 0 Å². The number of carbonyl (C=O) groups is 1. The van der Waals surface area contributed by atoms with Crippen LogP contribution in [0.1, 0.15) is 16.1 Å². The van der Waals surface area contributed by atoms with E-state index in [2.05, 4.69) is 0 Å². The monoisotopic (exact) mass is 215 g/mol. The number of para-hydroxylation sites is 1. The van der Waals surface area contributed by atoms with Crippen molar-refractivity contribution in [1.82, 2.24) is 0 Å². The number of hydrogen-bond donors (Lipinski definition) is 0. The van der Waals surface area contributed by atoms with Crippen LogP contribution in [0.15, 0.2) is 47.1 Å². The van der Waals surface area contributed by atoms with Crippen molar-refractivity contribution in [3.05, 3.63) is 54.0 Å². The molecule has 0 aliphatic carbocycles. The molecule has 1 aromatic carbocycles. The van der Waals surface area contributed by atoms with Crippen LogP contribution in [0.4, 0.5) is 5.69 Å². The lowest BCUT2D eigenvalue weighted by atomic mass is 10.1. The number of rotatable bonds is 3. The van der Waals surface area contributed by atoms with E-state index in [9.17, 15) is 4.79 Å². The lowest BCUT2D eigenvalue weighted by molar-refractivity contribution is 0.101. The Balaban J connectivity index is 2.44. The van der Waals surface area contributed by atoms with Crippen molar-refractivity contribution < 1.29 is 9.21 Å². The Morgan fingerprint density at radius 2 is 1.88 bits per heavy atom. The molecular formula is C13H13NO2. The van der Waals surface area contributed by atoms with Crippen molar-refractivity contribution in [2.75, 3.05) is 19.0 Å². The van der Waals surface area contributed by atoms with Crippen molar-refractivity contribution in [3.8, 4) is 0 Å². The second-order valence-electron chi connectivity index (χ2n) is 3.72. The minimum Gasteiger partial charge on any atom is -0.461 e. The lowest BCUT2D eigenvalue weighted by Gasteiger charge is -2.15. The smallest absolute Gasteiger partial charge is 0.230 e. The van der Waals surface area contributed by atoms with Gasteiger partial charge in [0.25, 0.3) is 0 Å². The zero-order chi connectivity index (χ0) is 11.5. The minimum atomic E-state index is -0.0886. The number of benzene rings is 1. The van der Waals surface area contributed by atoms with Crippen molar-refractivity contribution in [1.29, 1.82) is 0 Å². The van der Waals surface area contributed by atoms with Gasteiger partial charge in [-0.05, 0) is 24.3 Å². The zero-order valence-corrected chi connectivity index (χ0v) is 9.31. The maximum Gasteiger partial charge on any atom is 0.230 e. The Labute approximate surface area is 94.3 Å². The van der Waals surface area contributed by atoms with E-state index >= 15 is 0 Å². The molecule has 3 nitrogen and oxygen atoms in total. The molecule has 0 radical (unpaired) electrons. The molecule has 2 rings (SSSR count). The summed E-state index contributed by atoms with van der Waals surface area (Å²) in [5.41, 5.74) is 1.55. The summed E-state index contributed by atoms with van der Waals surface area (Å²) in [6.07, 6.45) is 1.51. The summed E-state index contributed by atoms with van der Waals surface area (Å²) in [4.78, 5) is 14.0. The number of ketones is 1. The number of anilines is 1. The van der Waals surface area contributed by atoms with Crippen LogP contribution in [0.3, 0.4) is 0 Å². The number of furan rings is 1. The predicted molar refractivity (Wildman–Crippen MR) is 62.9 cm³/mol. The fourth-order valence-electron chi connectivity index (χ4n) is 1.60. The fourth-order valence-corrected chi connectivity index (χ4v) is 1.60. The molecule has 3 heteroatoms. The lowest BCUT2D eigenvalue weighted by Crippen LogP contribution is -2.14. The molecule has 1 heterocycles. The van der Waals surface area contributed by atoms with Crippen LogP contribution < -0.4 is 4.90 Å². The quantitative estimate of drug-likeness (QED) is 0.738. The molecule has 2 aromatic rings. The first-order chi connectivity index (χ1) is 7.70. The minimum absolute atomic E-state index is 0.0886. The third kappa shape index (κ3) is 1.84. The Kier molecular flexibility index (Phi) is 2.77. The average molecular weight is 215 g/mol. The first-order valence-corrected chi connectivity index (χ1v) is 5.04. The maximum atomic E-state index is 12.1. The molecule has 0 spiro atoms. The van der Waals surface area contributed by atoms with E-state index < -0.39 is 0 Å². The van der Waals surface area contributed by atoms with Crippen molar-refractivity contribution in [2.24, 2.45) is 0 Å². The highest BCUT2D eigenvalue weighted by Gasteiger charge is 2.16. The molecule has 82 valence electrons. The Morgan fingerprint density at radius 3 is 2.50 bits per heavy atom. The highest BCUT2D eigenvalue weighted by Crippen LogP contribution is 2.21. The molecule has 0 unspecified atom stereocenters. The van der Waals surface area contributed by atoms with E-state index in [1.54, 1.807) is 18.2 Å². The molecule has 0 aliphatic rings. The topological polar surface area (TPSA) is 33.5 Å². The van der Waals surface area contributed by atoms with Gasteiger partial charge in [0.15, 0.2) is 5.76 Å². The van der Waals surface area contributed by atoms with Gasteiger partial charge < -0.3 is 9.32 Å². The zero-order valence-electron chi connectivity index (χ0n) is 9.31. The summed E-state index contributed by atoms with van der Waals surface area (Å²) in [5, 5.41) is 0. The van der Waals surface area contributed by atoms with Gasteiger partial charge in [-0.25, -0.2) is 0 Å². The van der Waals surface area contributed by atoms with Gasteiger partial charge in [-0.1, -0.05) is 12.1 Å². The van der Waals surface area contributed by atoms with Crippen molar-refractivity contribution in [2.45, 2.75) is 0 Å². The van der Waals surface area contributed by atoms with Crippen molar-refractivity contribution >= 4 is 11.5 Å². The van der Waals surface area contributed by atoms with Gasteiger partial charge in [0.1, 0.15) is 0 Å². The fraction of sp³-hybridized carbons (Fsp3) is 0.154. The Bertz CT molecular complexity index is 486. The summed E-state index contributed by atoms with van der Waals surface area (Å²) >= 11 is 0. The van der Waals surface area contributed by atoms with Crippen LogP contribution in [0.25, 0.3) is 0 Å². The second kappa shape index (κ2) is 4.23. The first kappa shape index (κ1) is 10.5. The van der Waals surface area contributed by atoms with Gasteiger partial charge in [0, 0.05) is 25.3 Å². The highest BCUT2D eigenvalue weighted by atomic mass is 16.3. The maximum absolute atomic E-state index is 12.1. The summed E-state index contributed by atoms with van der Waals surface area (Å²) in [6.45, 7) is 0. The third-order valence-corrected chi connectivity index (χ3v) is 2.38. The van der Waals surface area contributed by atoms with E-state index in [-0.39, 0.29) is 5.78 Å². The molecule has 0 N–H and O–H groups in total. The first-order valence-electron chi connectivity index (χ1n) is 5.04. The summed E-state index contributed by atoms with van der Waals surface area (Å²) in [7, 11) is 3.82. The normalized spacial score (nSPS) is 10.1. The number of nitrogens with zero attached hydrogens (tertiary/aromatic N) is 1. The third-order valence-electron chi connectivity index (χ3n) is 2.38. The molecule has 0 amide bonds. The Hall–Kier alpha value is -2.03. The predicted octanol–water partition coefficient (Wildman–Crippen LogP) is 2.58. The molecule has 0 bridgehead atoms. The van der Waals surface area contributed by atoms with Crippen molar-refractivity contribution in [3.63, 3.8) is 0 Å². The largest absolute Gasteiger partial charge is 0.461 e. The van der Waals surface area contributed by atoms with Crippen LogP contribution in [0.5, 0.6) is 0 Å². The number of hydrogen-bond acceptors (Lipinski definition) is 3. The van der Waals surface area contributed by atoms with Crippen LogP contribution in [0.2, 0.25) is 0 Å². The van der Waals surface area contributed by atoms with E-state index in [4.69, 9.17) is 4.42 Å². The molecule has 16 heavy (non-hydrogen) atoms. The number of carbonyl (C=O) groups excluding carboxylic acids is 1. The van der Waals surface area contributed by atoms with Crippen LogP contribution in [-0.4, -0.2) is 19.9 Å². The SMILES string of the molecule is CN(C)c1ccccc1C(=O)c1ccco1. The average Bonchev–Trinajstić information content (AvgIpc) is 2.81. The van der Waals surface area contributed by atoms with E-state index in [1.807, 2.05) is 37.2 Å². The standard InChI is InChI=1S/C13H13NO2/c1-14(2)11-7-4-3-6-10(11)13(15)12-8-5-9-16-12/h3-9H,1-2H3. The summed E-state index contributed by atoms with van der Waals surface area (Å²) < 4.78 is 5.12. The molecular weight excluding hydrogens is 202 g/mol.